The van der Waals surface area contributed by atoms with Gasteiger partial charge in [0.05, 0.1) is 0 Å². The predicted octanol–water partition coefficient (Wildman–Crippen LogP) is 1.44. The van der Waals surface area contributed by atoms with Crippen molar-refractivity contribution in [1.82, 2.24) is 5.32 Å². The first-order valence-electron chi connectivity index (χ1n) is 5.94. The molecule has 1 amide bonds. The summed E-state index contributed by atoms with van der Waals surface area (Å²) in [7, 11) is 0. The van der Waals surface area contributed by atoms with E-state index in [9.17, 15) is 4.79 Å². The maximum absolute atomic E-state index is 10.7. The number of hydrogen-bond acceptors (Lipinski definition) is 3. The SMILES string of the molecule is NC(=O)CCc1ccc([C@H]2CC(S)CN2)cc1. The minimum atomic E-state index is -0.246. The molecule has 3 nitrogen and oxygen atoms in total. The van der Waals surface area contributed by atoms with Crippen LogP contribution >= 0.6 is 12.6 Å². The molecular weight excluding hydrogens is 232 g/mol. The van der Waals surface area contributed by atoms with Gasteiger partial charge in [0, 0.05) is 24.3 Å². The molecule has 1 aromatic carbocycles. The second-order valence-corrected chi connectivity index (χ2v) is 5.29. The van der Waals surface area contributed by atoms with Crippen molar-refractivity contribution < 1.29 is 4.79 Å². The highest BCUT2D eigenvalue weighted by molar-refractivity contribution is 7.81. The zero-order valence-electron chi connectivity index (χ0n) is 9.73. The van der Waals surface area contributed by atoms with E-state index >= 15 is 0 Å². The number of carbonyl (C=O) groups excluding carboxylic acids is 1. The van der Waals surface area contributed by atoms with Crippen LogP contribution in [0.4, 0.5) is 0 Å². The Hall–Kier alpha value is -1.00. The molecule has 1 aliphatic rings. The van der Waals surface area contributed by atoms with Crippen molar-refractivity contribution >= 4 is 18.5 Å². The minimum absolute atomic E-state index is 0.246. The molecule has 17 heavy (non-hydrogen) atoms. The lowest BCUT2D eigenvalue weighted by Gasteiger charge is -2.11. The van der Waals surface area contributed by atoms with Gasteiger partial charge in [-0.2, -0.15) is 12.6 Å². The Balaban J connectivity index is 1.95. The van der Waals surface area contributed by atoms with Gasteiger partial charge < -0.3 is 11.1 Å². The van der Waals surface area contributed by atoms with Crippen molar-refractivity contribution in [2.75, 3.05) is 6.54 Å². The number of nitrogens with two attached hydrogens (primary N) is 1. The molecule has 3 N–H and O–H groups in total. The summed E-state index contributed by atoms with van der Waals surface area (Å²) in [4.78, 5) is 10.7. The number of primary amides is 1. The Labute approximate surface area is 107 Å². The van der Waals surface area contributed by atoms with E-state index in [1.165, 1.54) is 5.56 Å². The Morgan fingerprint density at radius 2 is 2.12 bits per heavy atom. The number of thiol groups is 1. The van der Waals surface area contributed by atoms with E-state index in [4.69, 9.17) is 5.73 Å². The molecule has 1 unspecified atom stereocenters. The lowest BCUT2D eigenvalue weighted by Crippen LogP contribution is -2.14. The normalized spacial score (nSPS) is 23.8. The molecule has 92 valence electrons. The molecule has 1 aromatic rings. The third-order valence-corrected chi connectivity index (χ3v) is 3.54. The monoisotopic (exact) mass is 250 g/mol. The van der Waals surface area contributed by atoms with E-state index in [2.05, 4.69) is 42.2 Å². The zero-order valence-corrected chi connectivity index (χ0v) is 10.6. The van der Waals surface area contributed by atoms with Gasteiger partial charge in [0.2, 0.25) is 5.91 Å². The summed E-state index contributed by atoms with van der Waals surface area (Å²) < 4.78 is 0. The zero-order chi connectivity index (χ0) is 12.3. The van der Waals surface area contributed by atoms with Gasteiger partial charge in [-0.25, -0.2) is 0 Å². The summed E-state index contributed by atoms with van der Waals surface area (Å²) in [6.45, 7) is 0.969. The number of nitrogens with one attached hydrogen (secondary N) is 1. The number of hydrogen-bond donors (Lipinski definition) is 3. The number of benzene rings is 1. The highest BCUT2D eigenvalue weighted by Gasteiger charge is 2.22. The van der Waals surface area contributed by atoms with E-state index in [0.29, 0.717) is 17.7 Å². The second-order valence-electron chi connectivity index (χ2n) is 4.56. The second kappa shape index (κ2) is 5.56. The van der Waals surface area contributed by atoms with Gasteiger partial charge in [0.15, 0.2) is 0 Å². The van der Waals surface area contributed by atoms with Crippen molar-refractivity contribution in [3.8, 4) is 0 Å². The largest absolute Gasteiger partial charge is 0.370 e. The van der Waals surface area contributed by atoms with Gasteiger partial charge in [-0.15, -0.1) is 0 Å². The van der Waals surface area contributed by atoms with E-state index in [1.807, 2.05) is 0 Å². The van der Waals surface area contributed by atoms with Crippen LogP contribution in [0.1, 0.15) is 30.0 Å². The molecule has 4 heteroatoms. The topological polar surface area (TPSA) is 55.1 Å². The van der Waals surface area contributed by atoms with Gasteiger partial charge in [-0.05, 0) is 24.0 Å². The molecule has 0 radical (unpaired) electrons. The number of amides is 1. The summed E-state index contributed by atoms with van der Waals surface area (Å²) in [5.74, 6) is -0.246. The van der Waals surface area contributed by atoms with E-state index < -0.39 is 0 Å². The van der Waals surface area contributed by atoms with Crippen LogP contribution in [0.2, 0.25) is 0 Å². The number of rotatable bonds is 4. The van der Waals surface area contributed by atoms with Crippen LogP contribution in [0.25, 0.3) is 0 Å². The Bertz CT molecular complexity index is 391. The van der Waals surface area contributed by atoms with Gasteiger partial charge in [0.1, 0.15) is 0 Å². The molecule has 0 spiro atoms. The van der Waals surface area contributed by atoms with Crippen molar-refractivity contribution in [1.29, 1.82) is 0 Å². The fraction of sp³-hybridized carbons (Fsp3) is 0.462. The molecule has 2 atom stereocenters. The molecule has 0 aromatic heterocycles. The van der Waals surface area contributed by atoms with E-state index in [0.717, 1.165) is 24.9 Å². The molecule has 0 bridgehead atoms. The Morgan fingerprint density at radius 1 is 1.41 bits per heavy atom. The average Bonchev–Trinajstić information content (AvgIpc) is 2.74. The fourth-order valence-electron chi connectivity index (χ4n) is 2.16. The lowest BCUT2D eigenvalue weighted by molar-refractivity contribution is -0.117. The van der Waals surface area contributed by atoms with Gasteiger partial charge in [-0.3, -0.25) is 4.79 Å². The van der Waals surface area contributed by atoms with Gasteiger partial charge in [0.25, 0.3) is 0 Å². The summed E-state index contributed by atoms with van der Waals surface area (Å²) in [5, 5.41) is 3.90. The Kier molecular flexibility index (Phi) is 4.07. The summed E-state index contributed by atoms with van der Waals surface area (Å²) in [6, 6.07) is 8.82. The molecule has 1 saturated heterocycles. The van der Waals surface area contributed by atoms with Crippen LogP contribution < -0.4 is 11.1 Å². The first-order chi connectivity index (χ1) is 8.15. The number of carbonyl (C=O) groups is 1. The van der Waals surface area contributed by atoms with Gasteiger partial charge >= 0.3 is 0 Å². The highest BCUT2D eigenvalue weighted by Crippen LogP contribution is 2.26. The molecule has 1 aliphatic heterocycles. The summed E-state index contributed by atoms with van der Waals surface area (Å²) >= 11 is 4.46. The van der Waals surface area contributed by atoms with Crippen molar-refractivity contribution in [2.45, 2.75) is 30.6 Å². The summed E-state index contributed by atoms with van der Waals surface area (Å²) in [6.07, 6.45) is 2.21. The lowest BCUT2D eigenvalue weighted by atomic mass is 10.0. The molecule has 1 fully saturated rings. The first-order valence-corrected chi connectivity index (χ1v) is 6.45. The quantitative estimate of drug-likeness (QED) is 0.708. The minimum Gasteiger partial charge on any atom is -0.370 e. The van der Waals surface area contributed by atoms with Crippen molar-refractivity contribution in [3.63, 3.8) is 0 Å². The van der Waals surface area contributed by atoms with E-state index in [-0.39, 0.29) is 5.91 Å². The van der Waals surface area contributed by atoms with Crippen molar-refractivity contribution in [2.24, 2.45) is 5.73 Å². The van der Waals surface area contributed by atoms with Crippen LogP contribution in [0.15, 0.2) is 24.3 Å². The standard InChI is InChI=1S/C13H18N2OS/c14-13(16)6-3-9-1-4-10(5-2-9)12-7-11(17)8-15-12/h1-2,4-5,11-12,15,17H,3,6-8H2,(H2,14,16)/t11?,12-/m1/s1. The molecule has 0 saturated carbocycles. The predicted molar refractivity (Wildman–Crippen MR) is 72.1 cm³/mol. The third-order valence-electron chi connectivity index (χ3n) is 3.15. The molecule has 2 rings (SSSR count). The van der Waals surface area contributed by atoms with Crippen LogP contribution in [0.3, 0.4) is 0 Å². The molecular formula is C13H18N2OS. The number of aryl methyl sites for hydroxylation is 1. The van der Waals surface area contributed by atoms with Crippen LogP contribution in [-0.4, -0.2) is 17.7 Å². The van der Waals surface area contributed by atoms with Crippen LogP contribution in [0, 0.1) is 0 Å². The maximum atomic E-state index is 10.7. The smallest absolute Gasteiger partial charge is 0.217 e. The van der Waals surface area contributed by atoms with Crippen molar-refractivity contribution in [3.05, 3.63) is 35.4 Å². The third kappa shape index (κ3) is 3.48. The fourth-order valence-corrected chi connectivity index (χ4v) is 2.47. The Morgan fingerprint density at radius 3 is 2.65 bits per heavy atom. The highest BCUT2D eigenvalue weighted by atomic mass is 32.1. The molecule has 0 aliphatic carbocycles. The van der Waals surface area contributed by atoms with Crippen LogP contribution in [0.5, 0.6) is 0 Å². The average molecular weight is 250 g/mol. The van der Waals surface area contributed by atoms with Crippen LogP contribution in [-0.2, 0) is 11.2 Å². The van der Waals surface area contributed by atoms with E-state index in [1.54, 1.807) is 0 Å². The summed E-state index contributed by atoms with van der Waals surface area (Å²) in [5.41, 5.74) is 7.58. The first kappa shape index (κ1) is 12.5. The maximum Gasteiger partial charge on any atom is 0.217 e. The van der Waals surface area contributed by atoms with Gasteiger partial charge in [-0.1, -0.05) is 24.3 Å². The molecule has 1 heterocycles.